The maximum Gasteiger partial charge on any atom is 0.246 e. The summed E-state index contributed by atoms with van der Waals surface area (Å²) in [5, 5.41) is 11.5. The van der Waals surface area contributed by atoms with Gasteiger partial charge in [-0.1, -0.05) is 35.0 Å². The topological polar surface area (TPSA) is 78.6 Å². The van der Waals surface area contributed by atoms with Gasteiger partial charge in [0, 0.05) is 42.5 Å². The lowest BCUT2D eigenvalue weighted by atomic mass is 10.1. The Morgan fingerprint density at radius 3 is 2.77 bits per heavy atom. The monoisotopic (exact) mass is 424 g/mol. The number of hydrogen-bond donors (Lipinski definition) is 2. The van der Waals surface area contributed by atoms with Crippen LogP contribution in [0.1, 0.15) is 18.7 Å². The molecule has 0 bridgehead atoms. The first-order chi connectivity index (χ1) is 14.7. The first kappa shape index (κ1) is 20.2. The van der Waals surface area contributed by atoms with E-state index < -0.39 is 0 Å². The fraction of sp³-hybridized carbons (Fsp3) is 0.318. The minimum atomic E-state index is 0.317. The van der Waals surface area contributed by atoms with Crippen LogP contribution in [0.5, 0.6) is 0 Å². The average molecular weight is 425 g/mol. The van der Waals surface area contributed by atoms with Gasteiger partial charge in [-0.05, 0) is 49.2 Å². The van der Waals surface area contributed by atoms with E-state index in [1.807, 2.05) is 18.2 Å². The number of nitrogens with one attached hydrogen (secondary N) is 2. The summed E-state index contributed by atoms with van der Waals surface area (Å²) in [4.78, 5) is 11.2. The number of guanidine groups is 1. The number of rotatable bonds is 5. The quantitative estimate of drug-likeness (QED) is 0.480. The van der Waals surface area contributed by atoms with Crippen molar-refractivity contribution in [3.63, 3.8) is 0 Å². The summed E-state index contributed by atoms with van der Waals surface area (Å²) in [5.74, 6) is 1.76. The van der Waals surface area contributed by atoms with Crippen molar-refractivity contribution < 1.29 is 4.52 Å². The van der Waals surface area contributed by atoms with Crippen molar-refractivity contribution in [2.45, 2.75) is 25.4 Å². The summed E-state index contributed by atoms with van der Waals surface area (Å²) in [5.41, 5.74) is 2.12. The maximum absolute atomic E-state index is 5.93. The van der Waals surface area contributed by atoms with E-state index in [4.69, 9.17) is 16.1 Å². The van der Waals surface area contributed by atoms with E-state index in [0.29, 0.717) is 29.3 Å². The predicted molar refractivity (Wildman–Crippen MR) is 120 cm³/mol. The summed E-state index contributed by atoms with van der Waals surface area (Å²) in [7, 11) is 1.76. The molecule has 7 nitrogen and oxygen atoms in total. The van der Waals surface area contributed by atoms with Crippen LogP contribution in [-0.2, 0) is 6.54 Å². The van der Waals surface area contributed by atoms with Crippen molar-refractivity contribution in [3.8, 4) is 11.4 Å². The molecule has 4 rings (SSSR count). The molecule has 1 aromatic heterocycles. The maximum atomic E-state index is 5.93. The van der Waals surface area contributed by atoms with E-state index in [0.717, 1.165) is 37.5 Å². The Morgan fingerprint density at radius 2 is 2.00 bits per heavy atom. The van der Waals surface area contributed by atoms with Crippen LogP contribution in [-0.4, -0.2) is 42.3 Å². The van der Waals surface area contributed by atoms with Crippen molar-refractivity contribution >= 4 is 23.2 Å². The highest BCUT2D eigenvalue weighted by Gasteiger charge is 2.21. The van der Waals surface area contributed by atoms with E-state index in [1.54, 1.807) is 19.2 Å². The molecule has 0 saturated carbocycles. The Labute approximate surface area is 181 Å². The number of anilines is 1. The molecule has 2 N–H and O–H groups in total. The van der Waals surface area contributed by atoms with Gasteiger partial charge < -0.3 is 20.1 Å². The van der Waals surface area contributed by atoms with E-state index in [2.05, 4.69) is 54.9 Å². The van der Waals surface area contributed by atoms with Crippen LogP contribution in [0.2, 0.25) is 5.02 Å². The van der Waals surface area contributed by atoms with Crippen LogP contribution in [0.25, 0.3) is 11.4 Å². The first-order valence-corrected chi connectivity index (χ1v) is 10.4. The summed E-state index contributed by atoms with van der Waals surface area (Å²) < 4.78 is 5.36. The molecule has 0 amide bonds. The third-order valence-corrected chi connectivity index (χ3v) is 5.34. The molecule has 0 spiro atoms. The predicted octanol–water partition coefficient (Wildman–Crippen LogP) is 3.72. The van der Waals surface area contributed by atoms with Crippen molar-refractivity contribution in [2.24, 2.45) is 4.99 Å². The zero-order valence-corrected chi connectivity index (χ0v) is 17.6. The van der Waals surface area contributed by atoms with E-state index in [-0.39, 0.29) is 0 Å². The third kappa shape index (κ3) is 5.10. The Morgan fingerprint density at radius 1 is 1.20 bits per heavy atom. The van der Waals surface area contributed by atoms with Gasteiger partial charge in [0.1, 0.15) is 0 Å². The van der Waals surface area contributed by atoms with Gasteiger partial charge in [0.2, 0.25) is 11.7 Å². The summed E-state index contributed by atoms with van der Waals surface area (Å²) in [6, 6.07) is 18.2. The number of para-hydroxylation sites is 1. The third-order valence-electron chi connectivity index (χ3n) is 5.08. The Kier molecular flexibility index (Phi) is 6.49. The lowest BCUT2D eigenvalue weighted by molar-refractivity contribution is 0.374. The molecule has 1 unspecified atom stereocenters. The molecule has 1 aliphatic rings. The highest BCUT2D eigenvalue weighted by molar-refractivity contribution is 6.30. The molecule has 0 radical (unpaired) electrons. The molecule has 1 fully saturated rings. The fourth-order valence-corrected chi connectivity index (χ4v) is 3.68. The molecule has 1 atom stereocenters. The van der Waals surface area contributed by atoms with Gasteiger partial charge in [0.15, 0.2) is 5.96 Å². The number of nitrogens with zero attached hydrogens (tertiary/aromatic N) is 4. The lowest BCUT2D eigenvalue weighted by Crippen LogP contribution is -2.51. The molecule has 156 valence electrons. The van der Waals surface area contributed by atoms with Gasteiger partial charge in [-0.2, -0.15) is 4.98 Å². The smallest absolute Gasteiger partial charge is 0.246 e. The zero-order chi connectivity index (χ0) is 20.8. The average Bonchev–Trinajstić information content (AvgIpc) is 3.27. The highest BCUT2D eigenvalue weighted by atomic mass is 35.5. The molecule has 30 heavy (non-hydrogen) atoms. The number of hydrogen-bond acceptors (Lipinski definition) is 5. The number of halogens is 1. The molecular formula is C22H25ClN6O. The largest absolute Gasteiger partial charge is 0.369 e. The van der Waals surface area contributed by atoms with E-state index >= 15 is 0 Å². The standard InChI is InChI=1S/C22H25ClN6O/c1-24-22(26-18-6-5-13-29(15-18)19-7-3-2-4-8-19)25-14-20-27-21(28-30-20)16-9-11-17(23)12-10-16/h2-4,7-12,18H,5-6,13-15H2,1H3,(H2,24,25,26). The van der Waals surface area contributed by atoms with Crippen LogP contribution < -0.4 is 15.5 Å². The van der Waals surface area contributed by atoms with E-state index in [9.17, 15) is 0 Å². The molecule has 8 heteroatoms. The molecule has 0 aliphatic carbocycles. The number of piperidine rings is 1. The second-order valence-corrected chi connectivity index (χ2v) is 7.65. The molecule has 3 aromatic rings. The number of aromatic nitrogens is 2. The van der Waals surface area contributed by atoms with Gasteiger partial charge in [-0.3, -0.25) is 4.99 Å². The fourth-order valence-electron chi connectivity index (χ4n) is 3.56. The molecule has 2 aromatic carbocycles. The Hall–Kier alpha value is -3.06. The lowest BCUT2D eigenvalue weighted by Gasteiger charge is -2.35. The molecule has 1 aliphatic heterocycles. The molecule has 1 saturated heterocycles. The van der Waals surface area contributed by atoms with E-state index in [1.165, 1.54) is 5.69 Å². The first-order valence-electron chi connectivity index (χ1n) is 10.1. The van der Waals surface area contributed by atoms with Crippen LogP contribution in [0.15, 0.2) is 64.1 Å². The van der Waals surface area contributed by atoms with Crippen LogP contribution in [0.4, 0.5) is 5.69 Å². The highest BCUT2D eigenvalue weighted by Crippen LogP contribution is 2.20. The van der Waals surface area contributed by atoms with Crippen molar-refractivity contribution in [3.05, 3.63) is 65.5 Å². The Bertz CT molecular complexity index is 973. The number of aliphatic imine (C=N–C) groups is 1. The minimum absolute atomic E-state index is 0.317. The van der Waals surface area contributed by atoms with Crippen molar-refractivity contribution in [2.75, 3.05) is 25.0 Å². The normalized spacial score (nSPS) is 17.1. The summed E-state index contributed by atoms with van der Waals surface area (Å²) in [6.07, 6.45) is 2.24. The van der Waals surface area contributed by atoms with Crippen LogP contribution >= 0.6 is 11.6 Å². The molecule has 2 heterocycles. The zero-order valence-electron chi connectivity index (χ0n) is 16.9. The van der Waals surface area contributed by atoms with Gasteiger partial charge in [0.05, 0.1) is 6.54 Å². The van der Waals surface area contributed by atoms with Crippen molar-refractivity contribution in [1.82, 2.24) is 20.8 Å². The Balaban J connectivity index is 1.31. The van der Waals surface area contributed by atoms with Crippen molar-refractivity contribution in [1.29, 1.82) is 0 Å². The summed E-state index contributed by atoms with van der Waals surface area (Å²) >= 11 is 5.93. The van der Waals surface area contributed by atoms with Gasteiger partial charge in [-0.25, -0.2) is 0 Å². The van der Waals surface area contributed by atoms with Crippen LogP contribution in [0.3, 0.4) is 0 Å². The summed E-state index contributed by atoms with van der Waals surface area (Å²) in [6.45, 7) is 2.41. The number of benzene rings is 2. The van der Waals surface area contributed by atoms with Gasteiger partial charge >= 0.3 is 0 Å². The minimum Gasteiger partial charge on any atom is -0.369 e. The van der Waals surface area contributed by atoms with Gasteiger partial charge in [-0.15, -0.1) is 0 Å². The molecular weight excluding hydrogens is 400 g/mol. The van der Waals surface area contributed by atoms with Crippen LogP contribution in [0, 0.1) is 0 Å². The second kappa shape index (κ2) is 9.63. The SMILES string of the molecule is CN=C(NCc1nc(-c2ccc(Cl)cc2)no1)NC1CCCN(c2ccccc2)C1. The van der Waals surface area contributed by atoms with Gasteiger partial charge in [0.25, 0.3) is 0 Å². The second-order valence-electron chi connectivity index (χ2n) is 7.21.